The van der Waals surface area contributed by atoms with Crippen LogP contribution >= 0.6 is 39.1 Å². The zero-order chi connectivity index (χ0) is 5.91. The molecule has 0 aliphatic heterocycles. The lowest BCUT2D eigenvalue weighted by Crippen LogP contribution is -2.07. The van der Waals surface area contributed by atoms with Gasteiger partial charge in [0.1, 0.15) is 3.78 Å². The van der Waals surface area contributed by atoms with Gasteiger partial charge in [-0.25, -0.2) is 0 Å². The number of hydrogen-bond acceptors (Lipinski definition) is 0. The van der Waals surface area contributed by atoms with Gasteiger partial charge in [0.15, 0.2) is 0 Å². The minimum absolute atomic E-state index is 0.331. The fraction of sp³-hybridized carbons (Fsp3) is 0.500. The average molecular weight is 204 g/mol. The predicted octanol–water partition coefficient (Wildman–Crippen LogP) is 2.74. The number of allylic oxidation sites excluding steroid dienone is 1. The maximum atomic E-state index is 5.57. The molecule has 0 bridgehead atoms. The van der Waals surface area contributed by atoms with E-state index in [-0.39, 0.29) is 0 Å². The summed E-state index contributed by atoms with van der Waals surface area (Å²) in [6.45, 7) is 3.44. The molecule has 0 aliphatic carbocycles. The standard InChI is InChI=1S/C4H5BrCl2/c1-2-4(5,7)3-6/h2H,1,3H2. The molecule has 0 saturated heterocycles. The SMILES string of the molecule is C=CC(Cl)(Br)CCl. The maximum absolute atomic E-state index is 5.57. The second-order valence-corrected chi connectivity index (χ2v) is 3.91. The van der Waals surface area contributed by atoms with Crippen molar-refractivity contribution in [1.29, 1.82) is 0 Å². The van der Waals surface area contributed by atoms with E-state index in [4.69, 9.17) is 23.2 Å². The van der Waals surface area contributed by atoms with Crippen LogP contribution in [0.2, 0.25) is 0 Å². The van der Waals surface area contributed by atoms with Gasteiger partial charge in [0.25, 0.3) is 0 Å². The van der Waals surface area contributed by atoms with E-state index in [1.54, 1.807) is 6.08 Å². The molecule has 0 fully saturated rings. The molecule has 42 valence electrons. The van der Waals surface area contributed by atoms with Crippen molar-refractivity contribution in [2.75, 3.05) is 5.88 Å². The highest BCUT2D eigenvalue weighted by Crippen LogP contribution is 2.25. The molecule has 3 heteroatoms. The molecule has 0 amide bonds. The van der Waals surface area contributed by atoms with Crippen LogP contribution in [0.5, 0.6) is 0 Å². The topological polar surface area (TPSA) is 0 Å². The van der Waals surface area contributed by atoms with Gasteiger partial charge in [0.05, 0.1) is 5.88 Å². The number of rotatable bonds is 2. The van der Waals surface area contributed by atoms with E-state index in [1.807, 2.05) is 0 Å². The Kier molecular flexibility index (Phi) is 3.29. The maximum Gasteiger partial charge on any atom is 0.130 e. The van der Waals surface area contributed by atoms with Gasteiger partial charge in [-0.15, -0.1) is 29.8 Å². The van der Waals surface area contributed by atoms with E-state index in [1.165, 1.54) is 0 Å². The Labute approximate surface area is 61.6 Å². The molecule has 0 aromatic rings. The van der Waals surface area contributed by atoms with Gasteiger partial charge in [-0.05, 0) is 0 Å². The molecule has 0 spiro atoms. The van der Waals surface area contributed by atoms with E-state index >= 15 is 0 Å². The third-order valence-corrected chi connectivity index (χ3v) is 2.25. The lowest BCUT2D eigenvalue weighted by Gasteiger charge is -2.07. The van der Waals surface area contributed by atoms with Crippen LogP contribution in [0.25, 0.3) is 0 Å². The van der Waals surface area contributed by atoms with E-state index < -0.39 is 3.78 Å². The molecular weight excluding hydrogens is 199 g/mol. The number of alkyl halides is 3. The van der Waals surface area contributed by atoms with Crippen LogP contribution in [-0.4, -0.2) is 9.66 Å². The largest absolute Gasteiger partial charge is 0.130 e. The summed E-state index contributed by atoms with van der Waals surface area (Å²) in [5.74, 6) is 0.331. The molecular formula is C4H5BrCl2. The quantitative estimate of drug-likeness (QED) is 0.479. The third-order valence-electron chi connectivity index (χ3n) is 0.477. The van der Waals surface area contributed by atoms with Crippen LogP contribution in [0.3, 0.4) is 0 Å². The van der Waals surface area contributed by atoms with Gasteiger partial charge >= 0.3 is 0 Å². The van der Waals surface area contributed by atoms with Crippen molar-refractivity contribution in [1.82, 2.24) is 0 Å². The molecule has 0 heterocycles. The second kappa shape index (κ2) is 2.95. The van der Waals surface area contributed by atoms with E-state index in [0.29, 0.717) is 5.88 Å². The van der Waals surface area contributed by atoms with Gasteiger partial charge in [0, 0.05) is 0 Å². The molecule has 0 aromatic heterocycles. The van der Waals surface area contributed by atoms with Crippen molar-refractivity contribution in [3.05, 3.63) is 12.7 Å². The highest BCUT2D eigenvalue weighted by atomic mass is 79.9. The molecule has 0 N–H and O–H groups in total. The summed E-state index contributed by atoms with van der Waals surface area (Å²) in [5, 5.41) is 0. The summed E-state index contributed by atoms with van der Waals surface area (Å²) < 4.78 is -0.603. The molecule has 7 heavy (non-hydrogen) atoms. The predicted molar refractivity (Wildman–Crippen MR) is 38.4 cm³/mol. The van der Waals surface area contributed by atoms with Crippen molar-refractivity contribution < 1.29 is 0 Å². The fourth-order valence-electron chi connectivity index (χ4n) is 0.0546. The Morgan fingerprint density at radius 1 is 1.86 bits per heavy atom. The van der Waals surface area contributed by atoms with Gasteiger partial charge in [-0.1, -0.05) is 22.0 Å². The van der Waals surface area contributed by atoms with Crippen molar-refractivity contribution >= 4 is 39.1 Å². The molecule has 0 aliphatic rings. The zero-order valence-corrected chi connectivity index (χ0v) is 6.72. The summed E-state index contributed by atoms with van der Waals surface area (Å²) >= 11 is 14.0. The van der Waals surface area contributed by atoms with Crippen LogP contribution in [0.15, 0.2) is 12.7 Å². The van der Waals surface area contributed by atoms with Gasteiger partial charge < -0.3 is 0 Å². The molecule has 0 nitrogen and oxygen atoms in total. The summed E-state index contributed by atoms with van der Waals surface area (Å²) in [7, 11) is 0. The summed E-state index contributed by atoms with van der Waals surface area (Å²) in [5.41, 5.74) is 0. The fourth-order valence-corrected chi connectivity index (χ4v) is 0.164. The number of halogens is 3. The first-order valence-corrected chi connectivity index (χ1v) is 3.40. The van der Waals surface area contributed by atoms with Crippen LogP contribution < -0.4 is 0 Å². The third kappa shape index (κ3) is 3.39. The molecule has 0 aromatic carbocycles. The first kappa shape index (κ1) is 7.80. The average Bonchev–Trinajstić information content (AvgIpc) is 1.68. The van der Waals surface area contributed by atoms with Crippen LogP contribution in [0.4, 0.5) is 0 Å². The Hall–Kier alpha value is 0.800. The lowest BCUT2D eigenvalue weighted by molar-refractivity contribution is 1.18. The Morgan fingerprint density at radius 3 is 2.29 bits per heavy atom. The highest BCUT2D eigenvalue weighted by molar-refractivity contribution is 9.10. The monoisotopic (exact) mass is 202 g/mol. The molecule has 0 rings (SSSR count). The summed E-state index contributed by atoms with van der Waals surface area (Å²) in [4.78, 5) is 0. The molecule has 1 atom stereocenters. The van der Waals surface area contributed by atoms with Crippen molar-refractivity contribution in [3.8, 4) is 0 Å². The van der Waals surface area contributed by atoms with Gasteiger partial charge in [-0.2, -0.15) is 0 Å². The van der Waals surface area contributed by atoms with Gasteiger partial charge in [0.2, 0.25) is 0 Å². The summed E-state index contributed by atoms with van der Waals surface area (Å²) in [6.07, 6.45) is 1.54. The minimum Gasteiger partial charge on any atom is -0.123 e. The highest BCUT2D eigenvalue weighted by Gasteiger charge is 2.15. The normalized spacial score (nSPS) is 18.1. The Balaban J connectivity index is 3.58. The van der Waals surface area contributed by atoms with E-state index in [2.05, 4.69) is 22.5 Å². The van der Waals surface area contributed by atoms with Crippen molar-refractivity contribution in [2.45, 2.75) is 3.78 Å². The van der Waals surface area contributed by atoms with Crippen LogP contribution in [0.1, 0.15) is 0 Å². The molecule has 1 unspecified atom stereocenters. The van der Waals surface area contributed by atoms with Crippen LogP contribution in [-0.2, 0) is 0 Å². The second-order valence-electron chi connectivity index (χ2n) is 1.10. The smallest absolute Gasteiger partial charge is 0.123 e. The zero-order valence-electron chi connectivity index (χ0n) is 3.63. The number of hydrogen-bond donors (Lipinski definition) is 0. The Bertz CT molecular complexity index is 70.1. The first-order chi connectivity index (χ1) is 3.12. The van der Waals surface area contributed by atoms with Gasteiger partial charge in [-0.3, -0.25) is 0 Å². The van der Waals surface area contributed by atoms with E-state index in [0.717, 1.165) is 0 Å². The van der Waals surface area contributed by atoms with Crippen molar-refractivity contribution in [3.63, 3.8) is 0 Å². The first-order valence-electron chi connectivity index (χ1n) is 1.70. The van der Waals surface area contributed by atoms with E-state index in [9.17, 15) is 0 Å². The molecule has 0 radical (unpaired) electrons. The van der Waals surface area contributed by atoms with Crippen LogP contribution in [0, 0.1) is 0 Å². The molecule has 0 saturated carbocycles. The minimum atomic E-state index is -0.603. The lowest BCUT2D eigenvalue weighted by atomic mass is 10.5. The van der Waals surface area contributed by atoms with Crippen molar-refractivity contribution in [2.24, 2.45) is 0 Å². The Morgan fingerprint density at radius 2 is 2.29 bits per heavy atom. The summed E-state index contributed by atoms with van der Waals surface area (Å²) in [6, 6.07) is 0.